The molecule has 9 nitrogen and oxygen atoms in total. The molecule has 4 heterocycles. The van der Waals surface area contributed by atoms with Crippen molar-refractivity contribution < 1.29 is 14.7 Å². The number of fused-ring (bicyclic) bond motifs is 1. The van der Waals surface area contributed by atoms with Crippen LogP contribution in [0, 0.1) is 5.41 Å². The van der Waals surface area contributed by atoms with E-state index in [4.69, 9.17) is 9.94 Å². The number of anilines is 1. The molecule has 1 amide bonds. The Balaban J connectivity index is 1.22. The van der Waals surface area contributed by atoms with E-state index in [1.54, 1.807) is 12.6 Å². The van der Waals surface area contributed by atoms with Gasteiger partial charge in [-0.05, 0) is 24.1 Å². The van der Waals surface area contributed by atoms with Crippen LogP contribution in [0.1, 0.15) is 22.3 Å². The minimum absolute atomic E-state index is 0.239. The van der Waals surface area contributed by atoms with E-state index in [1.807, 2.05) is 6.07 Å². The standard InChI is InChI=1S/C22H26N6O3/c1-26-10-16(18-4-3-17(31-2)7-19(18)26)11-27-12-22(13-27)5-6-28(14-22)21-23-8-15(9-24-21)20(29)25-30/h3-4,7-10,30H,5-6,11-14H2,1-2H3,(H,25,29). The van der Waals surface area contributed by atoms with Gasteiger partial charge in [-0.3, -0.25) is 14.9 Å². The molecule has 0 bridgehead atoms. The molecule has 2 fully saturated rings. The van der Waals surface area contributed by atoms with Crippen LogP contribution in [-0.2, 0) is 13.6 Å². The summed E-state index contributed by atoms with van der Waals surface area (Å²) >= 11 is 0. The first kappa shape index (κ1) is 19.8. The average molecular weight is 422 g/mol. The van der Waals surface area contributed by atoms with Crippen LogP contribution < -0.4 is 15.1 Å². The highest BCUT2D eigenvalue weighted by atomic mass is 16.5. The molecule has 9 heteroatoms. The van der Waals surface area contributed by atoms with Gasteiger partial charge in [0, 0.05) is 75.2 Å². The Labute approximate surface area is 180 Å². The number of likely N-dealkylation sites (tertiary alicyclic amines) is 1. The van der Waals surface area contributed by atoms with Crippen LogP contribution in [0.25, 0.3) is 10.9 Å². The van der Waals surface area contributed by atoms with Gasteiger partial charge in [0.2, 0.25) is 5.95 Å². The Morgan fingerprint density at radius 1 is 1.26 bits per heavy atom. The lowest BCUT2D eigenvalue weighted by atomic mass is 9.79. The van der Waals surface area contributed by atoms with E-state index in [-0.39, 0.29) is 11.0 Å². The lowest BCUT2D eigenvalue weighted by molar-refractivity contribution is 0.0119. The largest absolute Gasteiger partial charge is 0.497 e. The third kappa shape index (κ3) is 3.49. The van der Waals surface area contributed by atoms with Crippen molar-refractivity contribution >= 4 is 22.8 Å². The molecule has 2 N–H and O–H groups in total. The van der Waals surface area contributed by atoms with Gasteiger partial charge in [-0.1, -0.05) is 0 Å². The quantitative estimate of drug-likeness (QED) is 0.478. The highest BCUT2D eigenvalue weighted by Crippen LogP contribution is 2.41. The molecular weight excluding hydrogens is 396 g/mol. The van der Waals surface area contributed by atoms with Crippen LogP contribution in [0.2, 0.25) is 0 Å². The van der Waals surface area contributed by atoms with E-state index >= 15 is 0 Å². The minimum Gasteiger partial charge on any atom is -0.497 e. The number of methoxy groups -OCH3 is 1. The fourth-order valence-corrected chi connectivity index (χ4v) is 4.99. The number of carbonyl (C=O) groups is 1. The molecule has 0 saturated carbocycles. The van der Waals surface area contributed by atoms with Gasteiger partial charge in [-0.2, -0.15) is 0 Å². The number of hydrogen-bond acceptors (Lipinski definition) is 7. The van der Waals surface area contributed by atoms with E-state index in [1.165, 1.54) is 28.9 Å². The molecule has 2 aliphatic heterocycles. The molecule has 0 unspecified atom stereocenters. The van der Waals surface area contributed by atoms with Crippen molar-refractivity contribution in [2.75, 3.05) is 38.2 Å². The van der Waals surface area contributed by atoms with Crippen LogP contribution in [0.5, 0.6) is 5.75 Å². The van der Waals surface area contributed by atoms with Gasteiger partial charge in [-0.25, -0.2) is 15.4 Å². The SMILES string of the molecule is COc1ccc2c(CN3CC4(CCN(c5ncc(C(=O)NO)cn5)C4)C3)cn(C)c2c1. The Morgan fingerprint density at radius 3 is 2.74 bits per heavy atom. The highest BCUT2D eigenvalue weighted by Gasteiger charge is 2.48. The molecule has 1 spiro atoms. The second-order valence-corrected chi connectivity index (χ2v) is 8.68. The average Bonchev–Trinajstić information content (AvgIpc) is 3.35. The molecule has 31 heavy (non-hydrogen) atoms. The van der Waals surface area contributed by atoms with Crippen molar-refractivity contribution in [3.8, 4) is 5.75 Å². The highest BCUT2D eigenvalue weighted by molar-refractivity contribution is 5.92. The van der Waals surface area contributed by atoms with Crippen LogP contribution in [-0.4, -0.2) is 63.8 Å². The molecular formula is C22H26N6O3. The summed E-state index contributed by atoms with van der Waals surface area (Å²) in [5.74, 6) is 0.903. The van der Waals surface area contributed by atoms with Gasteiger partial charge in [0.1, 0.15) is 5.75 Å². The van der Waals surface area contributed by atoms with Crippen molar-refractivity contribution in [1.82, 2.24) is 24.9 Å². The number of aromatic nitrogens is 3. The predicted octanol–water partition coefficient (Wildman–Crippen LogP) is 1.81. The molecule has 1 aromatic carbocycles. The zero-order chi connectivity index (χ0) is 21.6. The number of rotatable bonds is 5. The first-order valence-electron chi connectivity index (χ1n) is 10.4. The number of hydroxylamine groups is 1. The van der Waals surface area contributed by atoms with Crippen molar-refractivity contribution in [3.63, 3.8) is 0 Å². The Kier molecular flexibility index (Phi) is 4.79. The van der Waals surface area contributed by atoms with E-state index in [0.29, 0.717) is 5.95 Å². The first-order chi connectivity index (χ1) is 15.0. The monoisotopic (exact) mass is 422 g/mol. The Bertz CT molecular complexity index is 1120. The summed E-state index contributed by atoms with van der Waals surface area (Å²) in [4.78, 5) is 24.7. The molecule has 162 valence electrons. The summed E-state index contributed by atoms with van der Waals surface area (Å²) in [6.45, 7) is 4.88. The number of amides is 1. The van der Waals surface area contributed by atoms with Gasteiger partial charge < -0.3 is 14.2 Å². The van der Waals surface area contributed by atoms with Gasteiger partial charge in [-0.15, -0.1) is 0 Å². The van der Waals surface area contributed by atoms with Gasteiger partial charge in [0.05, 0.1) is 18.2 Å². The fraction of sp³-hybridized carbons (Fsp3) is 0.409. The number of nitrogens with one attached hydrogen (secondary N) is 1. The summed E-state index contributed by atoms with van der Waals surface area (Å²) in [5, 5.41) is 9.99. The predicted molar refractivity (Wildman–Crippen MR) is 115 cm³/mol. The van der Waals surface area contributed by atoms with Crippen molar-refractivity contribution in [2.45, 2.75) is 13.0 Å². The molecule has 2 aromatic heterocycles. The summed E-state index contributed by atoms with van der Waals surface area (Å²) < 4.78 is 7.53. The summed E-state index contributed by atoms with van der Waals surface area (Å²) in [6, 6.07) is 6.25. The molecule has 5 rings (SSSR count). The smallest absolute Gasteiger partial charge is 0.277 e. The normalized spacial score (nSPS) is 17.8. The van der Waals surface area contributed by atoms with E-state index in [2.05, 4.69) is 49.7 Å². The van der Waals surface area contributed by atoms with Crippen molar-refractivity contribution in [3.05, 3.63) is 47.9 Å². The van der Waals surface area contributed by atoms with Crippen LogP contribution in [0.15, 0.2) is 36.8 Å². The Hall–Kier alpha value is -3.17. The number of nitrogens with zero attached hydrogens (tertiary/aromatic N) is 5. The second kappa shape index (κ2) is 7.51. The van der Waals surface area contributed by atoms with Crippen LogP contribution in [0.3, 0.4) is 0 Å². The Morgan fingerprint density at radius 2 is 2.03 bits per heavy atom. The maximum Gasteiger partial charge on any atom is 0.277 e. The molecule has 3 aromatic rings. The molecule has 0 radical (unpaired) electrons. The van der Waals surface area contributed by atoms with Crippen molar-refractivity contribution in [2.24, 2.45) is 12.5 Å². The minimum atomic E-state index is -0.606. The van der Waals surface area contributed by atoms with Crippen LogP contribution in [0.4, 0.5) is 5.95 Å². The molecule has 2 aliphatic rings. The topological polar surface area (TPSA) is 95.8 Å². The third-order valence-corrected chi connectivity index (χ3v) is 6.52. The second-order valence-electron chi connectivity index (χ2n) is 8.68. The number of aryl methyl sites for hydroxylation is 1. The zero-order valence-corrected chi connectivity index (χ0v) is 17.7. The third-order valence-electron chi connectivity index (χ3n) is 6.52. The lowest BCUT2D eigenvalue weighted by Crippen LogP contribution is -2.56. The lowest BCUT2D eigenvalue weighted by Gasteiger charge is -2.48. The van der Waals surface area contributed by atoms with Gasteiger partial charge in [0.25, 0.3) is 5.91 Å². The molecule has 0 aliphatic carbocycles. The van der Waals surface area contributed by atoms with E-state index in [0.717, 1.165) is 44.9 Å². The number of benzene rings is 1. The summed E-state index contributed by atoms with van der Waals surface area (Å²) in [6.07, 6.45) is 6.22. The number of carbonyl (C=O) groups excluding carboxylic acids is 1. The zero-order valence-electron chi connectivity index (χ0n) is 17.7. The maximum absolute atomic E-state index is 11.4. The van der Waals surface area contributed by atoms with Gasteiger partial charge >= 0.3 is 0 Å². The van der Waals surface area contributed by atoms with Crippen LogP contribution >= 0.6 is 0 Å². The number of ether oxygens (including phenoxy) is 1. The fourth-order valence-electron chi connectivity index (χ4n) is 4.99. The molecule has 0 atom stereocenters. The maximum atomic E-state index is 11.4. The molecule has 2 saturated heterocycles. The first-order valence-corrected chi connectivity index (χ1v) is 10.4. The summed E-state index contributed by atoms with van der Waals surface area (Å²) in [7, 11) is 3.77. The van der Waals surface area contributed by atoms with Gasteiger partial charge in [0.15, 0.2) is 0 Å². The van der Waals surface area contributed by atoms with E-state index in [9.17, 15) is 4.79 Å². The van der Waals surface area contributed by atoms with E-state index < -0.39 is 5.91 Å². The number of hydrogen-bond donors (Lipinski definition) is 2. The van der Waals surface area contributed by atoms with Crippen molar-refractivity contribution in [1.29, 1.82) is 0 Å². The summed E-state index contributed by atoms with van der Waals surface area (Å²) in [5.41, 5.74) is 4.64.